The van der Waals surface area contributed by atoms with E-state index in [1.54, 1.807) is 7.05 Å². The Hall–Kier alpha value is -1.53. The molecule has 3 heterocycles. The van der Waals surface area contributed by atoms with Crippen LogP contribution in [0, 0.1) is 13.8 Å². The molecule has 0 bridgehead atoms. The molecule has 1 aromatic heterocycles. The summed E-state index contributed by atoms with van der Waals surface area (Å²) in [5, 5.41) is 12.0. The van der Waals surface area contributed by atoms with E-state index >= 15 is 0 Å². The topological polar surface area (TPSA) is 64.8 Å². The van der Waals surface area contributed by atoms with Gasteiger partial charge in [0.15, 0.2) is 0 Å². The predicted molar refractivity (Wildman–Crippen MR) is 136 cm³/mol. The van der Waals surface area contributed by atoms with E-state index in [0.29, 0.717) is 0 Å². The Morgan fingerprint density at radius 2 is 1.76 bits per heavy atom. The third kappa shape index (κ3) is 12.8. The van der Waals surface area contributed by atoms with Crippen LogP contribution in [0.15, 0.2) is 36.7 Å². The van der Waals surface area contributed by atoms with Crippen LogP contribution < -0.4 is 0 Å². The fraction of sp³-hybridized carbons (Fsp3) is 0.538. The molecule has 34 heavy (non-hydrogen) atoms. The molecule has 1 unspecified atom stereocenters. The van der Waals surface area contributed by atoms with Crippen molar-refractivity contribution >= 4 is 5.97 Å². The van der Waals surface area contributed by atoms with Gasteiger partial charge in [0.1, 0.15) is 0 Å². The number of likely N-dealkylation sites (tertiary alicyclic amines) is 1. The average molecular weight is 642 g/mol. The van der Waals surface area contributed by atoms with Crippen molar-refractivity contribution < 1.29 is 31.0 Å². The van der Waals surface area contributed by atoms with Crippen molar-refractivity contribution in [1.29, 1.82) is 0 Å². The summed E-state index contributed by atoms with van der Waals surface area (Å²) in [7, 11) is 8.03. The Morgan fingerprint density at radius 3 is 2.12 bits per heavy atom. The number of aromatic carboxylic acids is 1. The molecule has 1 N–H and O–H groups in total. The average Bonchev–Trinajstić information content (AvgIpc) is 3.42. The molecule has 1 fully saturated rings. The Kier molecular flexibility index (Phi) is 17.0. The molecule has 1 atom stereocenters. The van der Waals surface area contributed by atoms with Crippen molar-refractivity contribution in [1.82, 2.24) is 24.5 Å². The molecular formula is C26H43N5O2W. The van der Waals surface area contributed by atoms with Crippen molar-refractivity contribution in [2.45, 2.75) is 38.8 Å². The minimum atomic E-state index is -0.942. The van der Waals surface area contributed by atoms with Crippen LogP contribution in [-0.4, -0.2) is 88.9 Å². The van der Waals surface area contributed by atoms with Gasteiger partial charge in [0.2, 0.25) is 0 Å². The minimum absolute atomic E-state index is 0. The smallest absolute Gasteiger partial charge is 0.478 e. The van der Waals surface area contributed by atoms with Crippen LogP contribution in [0.4, 0.5) is 0 Å². The summed E-state index contributed by atoms with van der Waals surface area (Å²) >= 11 is 0. The van der Waals surface area contributed by atoms with E-state index in [2.05, 4.69) is 74.0 Å². The van der Waals surface area contributed by atoms with E-state index in [1.165, 1.54) is 60.6 Å². The number of benzene rings is 1. The van der Waals surface area contributed by atoms with Crippen LogP contribution in [0.3, 0.4) is 0 Å². The first kappa shape index (κ1) is 32.5. The largest absolute Gasteiger partial charge is 2.00 e. The first-order chi connectivity index (χ1) is 15.7. The molecule has 0 spiro atoms. The number of nitrogens with zero attached hydrogens (tertiary/aromatic N) is 5. The summed E-state index contributed by atoms with van der Waals surface area (Å²) < 4.78 is 1.45. The van der Waals surface area contributed by atoms with E-state index in [1.807, 2.05) is 11.9 Å². The first-order valence-electron chi connectivity index (χ1n) is 11.6. The number of carbonyl (C=O) groups is 1. The maximum absolute atomic E-state index is 10.2. The van der Waals surface area contributed by atoms with Crippen molar-refractivity contribution in [3.05, 3.63) is 67.2 Å². The van der Waals surface area contributed by atoms with E-state index in [4.69, 9.17) is 5.11 Å². The molecule has 7 nitrogen and oxygen atoms in total. The number of aryl methyl sites for hydroxylation is 1. The Labute approximate surface area is 221 Å². The molecule has 1 aromatic carbocycles. The van der Waals surface area contributed by atoms with E-state index in [-0.39, 0.29) is 26.6 Å². The summed E-state index contributed by atoms with van der Waals surface area (Å²) in [6.07, 6.45) is 6.77. The fourth-order valence-electron chi connectivity index (χ4n) is 3.36. The van der Waals surface area contributed by atoms with Gasteiger partial charge in [-0.3, -0.25) is 4.68 Å². The van der Waals surface area contributed by atoms with Crippen molar-refractivity contribution in [2.75, 3.05) is 47.3 Å². The standard InChI is InChI=1S/C10H13N.C6H13N.C5H6N2O2.C5H11N.W/c1-11-7-6-9-4-2-3-5-10(9)8-11;1-6-4-3-5-7(6)2;1-7-3-4(2-6-7)5(8)9;1-4-6(3)5-2;/h2-5H,6-8H2,1H3;6H,3-5H2,1-2H3;2-3H,1H3,(H,8,9);1-2,4-5H2,3H3;/q;;;-2;+2. The van der Waals surface area contributed by atoms with Gasteiger partial charge in [0, 0.05) is 32.4 Å². The molecule has 8 heteroatoms. The molecule has 0 aliphatic carbocycles. The molecule has 190 valence electrons. The Balaban J connectivity index is 0.000000435. The van der Waals surface area contributed by atoms with Crippen molar-refractivity contribution in [3.8, 4) is 0 Å². The second-order valence-electron chi connectivity index (χ2n) is 8.74. The third-order valence-corrected chi connectivity index (χ3v) is 5.92. The first-order valence-corrected chi connectivity index (χ1v) is 11.6. The molecule has 4 rings (SSSR count). The molecule has 2 aliphatic rings. The predicted octanol–water partition coefficient (Wildman–Crippen LogP) is 3.48. The number of fused-ring (bicyclic) bond motifs is 1. The van der Waals surface area contributed by atoms with Gasteiger partial charge in [-0.15, -0.1) is 13.1 Å². The zero-order valence-electron chi connectivity index (χ0n) is 21.6. The molecule has 0 saturated carbocycles. The van der Waals surface area contributed by atoms with Crippen LogP contribution in [0.25, 0.3) is 0 Å². The second kappa shape index (κ2) is 17.8. The monoisotopic (exact) mass is 641 g/mol. The van der Waals surface area contributed by atoms with Gasteiger partial charge in [-0.1, -0.05) is 24.3 Å². The van der Waals surface area contributed by atoms with Crippen molar-refractivity contribution in [3.63, 3.8) is 0 Å². The van der Waals surface area contributed by atoms with Crippen LogP contribution in [0.2, 0.25) is 0 Å². The van der Waals surface area contributed by atoms with E-state index < -0.39 is 5.97 Å². The van der Waals surface area contributed by atoms with E-state index in [9.17, 15) is 4.79 Å². The quantitative estimate of drug-likeness (QED) is 0.519. The molecular weight excluding hydrogens is 598 g/mol. The number of likely N-dealkylation sites (N-methyl/N-ethyl adjacent to an activating group) is 1. The zero-order valence-corrected chi connectivity index (χ0v) is 24.5. The molecule has 1 saturated heterocycles. The minimum Gasteiger partial charge on any atom is -0.478 e. The number of aromatic nitrogens is 2. The SMILES string of the molecule is CC1CCCN1C.CN1CCc2ccccc2C1.Cn1cc(C(=O)O)cn1.[CH2-]CN(C)C[CH2-].[W+2]. The zero-order chi connectivity index (χ0) is 24.8. The normalized spacial score (nSPS) is 17.1. The number of hydrogen-bond acceptors (Lipinski definition) is 5. The number of hydrogen-bond donors (Lipinski definition) is 1. The van der Waals surface area contributed by atoms with Crippen LogP contribution in [0.1, 0.15) is 41.3 Å². The number of carboxylic acids is 1. The molecule has 2 aromatic rings. The summed E-state index contributed by atoms with van der Waals surface area (Å²) in [5.74, 6) is -0.942. The van der Waals surface area contributed by atoms with Crippen LogP contribution in [0.5, 0.6) is 0 Å². The van der Waals surface area contributed by atoms with Gasteiger partial charge in [-0.25, -0.2) is 4.79 Å². The third-order valence-electron chi connectivity index (χ3n) is 5.92. The van der Waals surface area contributed by atoms with Gasteiger partial charge in [0.25, 0.3) is 0 Å². The van der Waals surface area contributed by atoms with Crippen LogP contribution >= 0.6 is 0 Å². The van der Waals surface area contributed by atoms with Crippen LogP contribution in [-0.2, 0) is 41.1 Å². The summed E-state index contributed by atoms with van der Waals surface area (Å²) in [6, 6.07) is 9.56. The second-order valence-corrected chi connectivity index (χ2v) is 8.74. The summed E-state index contributed by atoms with van der Waals surface area (Å²) in [5.41, 5.74) is 3.25. The van der Waals surface area contributed by atoms with E-state index in [0.717, 1.165) is 25.7 Å². The summed E-state index contributed by atoms with van der Waals surface area (Å²) in [6.45, 7) is 14.9. The van der Waals surface area contributed by atoms with Gasteiger partial charge in [-0.2, -0.15) is 5.10 Å². The molecule has 2 aliphatic heterocycles. The number of carboxylic acid groups (broad SMARTS) is 1. The van der Waals surface area contributed by atoms with Gasteiger partial charge in [-0.05, 0) is 65.0 Å². The Morgan fingerprint density at radius 1 is 1.15 bits per heavy atom. The Bertz CT molecular complexity index is 802. The molecule has 0 radical (unpaired) electrons. The maximum atomic E-state index is 10.2. The van der Waals surface area contributed by atoms with Crippen molar-refractivity contribution in [2.24, 2.45) is 7.05 Å². The van der Waals surface area contributed by atoms with Gasteiger partial charge < -0.3 is 33.7 Å². The number of rotatable bonds is 3. The fourth-order valence-corrected chi connectivity index (χ4v) is 3.36. The maximum Gasteiger partial charge on any atom is 2.00 e. The van der Waals surface area contributed by atoms with Gasteiger partial charge in [0.05, 0.1) is 11.8 Å². The van der Waals surface area contributed by atoms with Gasteiger partial charge >= 0.3 is 27.0 Å². The molecule has 0 amide bonds. The summed E-state index contributed by atoms with van der Waals surface area (Å²) in [4.78, 5) is 17.0.